The molecule has 0 aromatic heterocycles. The van der Waals surface area contributed by atoms with Gasteiger partial charge in [-0.1, -0.05) is 14.9 Å². The summed E-state index contributed by atoms with van der Waals surface area (Å²) in [6, 6.07) is 0. The van der Waals surface area contributed by atoms with Gasteiger partial charge >= 0.3 is 0 Å². The van der Waals surface area contributed by atoms with Gasteiger partial charge in [-0.3, -0.25) is 0 Å². The molecule has 0 radical (unpaired) electrons. The maximum absolute atomic E-state index is 4.23. The summed E-state index contributed by atoms with van der Waals surface area (Å²) in [6.45, 7) is 0. The molecule has 0 aromatic rings. The van der Waals surface area contributed by atoms with E-state index in [9.17, 15) is 0 Å². The van der Waals surface area contributed by atoms with E-state index < -0.39 is 0 Å². The lowest BCUT2D eigenvalue weighted by molar-refractivity contribution is 1.16. The Morgan fingerprint density at radius 3 is 1.92 bits per heavy atom. The predicted molar refractivity (Wildman–Crippen MR) is 78.9 cm³/mol. The summed E-state index contributed by atoms with van der Waals surface area (Å²) in [6.07, 6.45) is 0. The van der Waals surface area contributed by atoms with Gasteiger partial charge in [0.25, 0.3) is 0 Å². The van der Waals surface area contributed by atoms with E-state index in [1.807, 2.05) is 23.5 Å². The van der Waals surface area contributed by atoms with Crippen LogP contribution in [0.2, 0.25) is 0 Å². The second-order valence-electron chi connectivity index (χ2n) is 1.60. The molecule has 0 bridgehead atoms. The number of hydrogen-bond donors (Lipinski definition) is 3. The van der Waals surface area contributed by atoms with Gasteiger partial charge in [-0.15, -0.1) is 11.8 Å². The fourth-order valence-corrected chi connectivity index (χ4v) is 3.49. The lowest BCUT2D eigenvalue weighted by Gasteiger charge is -2.10. The Kier molecular flexibility index (Phi) is 24.6. The molecule has 0 saturated carbocycles. The average molecular weight is 265 g/mol. The summed E-state index contributed by atoms with van der Waals surface area (Å²) in [4.78, 5) is 0. The van der Waals surface area contributed by atoms with E-state index in [2.05, 4.69) is 37.9 Å². The molecule has 0 fully saturated rings. The van der Waals surface area contributed by atoms with Gasteiger partial charge < -0.3 is 0 Å². The smallest absolute Gasteiger partial charge is 0.0365 e. The van der Waals surface area contributed by atoms with Crippen LogP contribution in [0.5, 0.6) is 0 Å². The zero-order chi connectivity index (χ0) is 7.82. The van der Waals surface area contributed by atoms with Gasteiger partial charge in [0.05, 0.1) is 0 Å². The van der Waals surface area contributed by atoms with Crippen molar-refractivity contribution in [2.24, 2.45) is 0 Å². The summed E-state index contributed by atoms with van der Waals surface area (Å²) in [7, 11) is 0. The highest BCUT2D eigenvalue weighted by Crippen LogP contribution is 2.18. The van der Waals surface area contributed by atoms with Gasteiger partial charge in [0.2, 0.25) is 0 Å². The molecule has 0 N–H and O–H groups in total. The summed E-state index contributed by atoms with van der Waals surface area (Å²) >= 11 is 16.2. The average Bonchev–Trinajstić information content (AvgIpc) is 1.98. The quantitative estimate of drug-likeness (QED) is 0.493. The molecule has 0 rings (SSSR count). The number of thioether (sulfide) groups is 2. The molecule has 0 spiro atoms. The highest BCUT2D eigenvalue weighted by atomic mass is 32.2. The van der Waals surface area contributed by atoms with E-state index in [0.29, 0.717) is 5.25 Å². The predicted octanol–water partition coefficient (Wildman–Crippen LogP) is 3.80. The van der Waals surface area contributed by atoms with Crippen LogP contribution in [0.15, 0.2) is 0 Å². The Bertz CT molecular complexity index is 68.8. The maximum atomic E-state index is 4.23. The minimum Gasteiger partial charge on any atom is -0.178 e. The third-order valence-electron chi connectivity index (χ3n) is 0.909. The van der Waals surface area contributed by atoms with E-state index in [-0.39, 0.29) is 14.9 Å². The standard InChI is InChI=1S/C5H12S5.2CH4/c6-1-5(10-4-8)2-9-3-7;;/h5-8H,1-4H2;2*1H4. The summed E-state index contributed by atoms with van der Waals surface area (Å²) in [5.41, 5.74) is 0. The van der Waals surface area contributed by atoms with Crippen molar-refractivity contribution in [3.63, 3.8) is 0 Å². The van der Waals surface area contributed by atoms with Crippen LogP contribution in [0.3, 0.4) is 0 Å². The zero-order valence-corrected chi connectivity index (χ0v) is 9.88. The molecular formula is C7H20S5. The SMILES string of the molecule is C.C.SCSCC(CS)SCS. The normalized spacial score (nSPS) is 11.2. The van der Waals surface area contributed by atoms with E-state index in [0.717, 1.165) is 21.7 Å². The highest BCUT2D eigenvalue weighted by Gasteiger charge is 2.04. The van der Waals surface area contributed by atoms with Crippen molar-refractivity contribution in [3.8, 4) is 0 Å². The van der Waals surface area contributed by atoms with E-state index >= 15 is 0 Å². The van der Waals surface area contributed by atoms with Crippen LogP contribution in [0.4, 0.5) is 0 Å². The Morgan fingerprint density at radius 1 is 1.00 bits per heavy atom. The zero-order valence-electron chi connectivity index (χ0n) is 5.56. The highest BCUT2D eigenvalue weighted by molar-refractivity contribution is 8.12. The van der Waals surface area contributed by atoms with Crippen molar-refractivity contribution in [2.75, 3.05) is 21.7 Å². The van der Waals surface area contributed by atoms with Gasteiger partial charge in [0.15, 0.2) is 0 Å². The fourth-order valence-electron chi connectivity index (χ4n) is 0.443. The molecule has 1 atom stereocenters. The van der Waals surface area contributed by atoms with Crippen molar-refractivity contribution in [3.05, 3.63) is 0 Å². The second-order valence-corrected chi connectivity index (χ2v) is 5.77. The van der Waals surface area contributed by atoms with Crippen LogP contribution in [-0.4, -0.2) is 26.9 Å². The monoisotopic (exact) mass is 264 g/mol. The number of thiol groups is 3. The molecule has 0 aromatic carbocycles. The molecular weight excluding hydrogens is 244 g/mol. The van der Waals surface area contributed by atoms with Crippen LogP contribution in [0.25, 0.3) is 0 Å². The van der Waals surface area contributed by atoms with E-state index in [1.54, 1.807) is 0 Å². The molecule has 78 valence electrons. The Hall–Kier alpha value is 1.75. The molecule has 0 nitrogen and oxygen atoms in total. The Balaban J connectivity index is -0.000000405. The Morgan fingerprint density at radius 2 is 1.58 bits per heavy atom. The summed E-state index contributed by atoms with van der Waals surface area (Å²) in [5, 5.41) is 2.42. The molecule has 1 unspecified atom stereocenters. The molecule has 5 heteroatoms. The topological polar surface area (TPSA) is 0 Å². The van der Waals surface area contributed by atoms with Crippen molar-refractivity contribution in [1.29, 1.82) is 0 Å². The van der Waals surface area contributed by atoms with Crippen LogP contribution >= 0.6 is 61.4 Å². The molecule has 0 aliphatic rings. The third kappa shape index (κ3) is 11.8. The first-order chi connectivity index (χ1) is 4.85. The first-order valence-electron chi connectivity index (χ1n) is 2.87. The van der Waals surface area contributed by atoms with Crippen LogP contribution < -0.4 is 0 Å². The molecule has 0 saturated heterocycles. The van der Waals surface area contributed by atoms with Gasteiger partial charge in [-0.2, -0.15) is 49.6 Å². The first kappa shape index (κ1) is 19.3. The number of rotatable bonds is 6. The second kappa shape index (κ2) is 15.2. The molecule has 0 amide bonds. The summed E-state index contributed by atoms with van der Waals surface area (Å²) in [5.74, 6) is 2.07. The number of hydrogen-bond acceptors (Lipinski definition) is 5. The van der Waals surface area contributed by atoms with Crippen molar-refractivity contribution in [1.82, 2.24) is 0 Å². The minimum atomic E-state index is 0. The molecule has 0 aliphatic carbocycles. The van der Waals surface area contributed by atoms with Crippen LogP contribution in [-0.2, 0) is 0 Å². The van der Waals surface area contributed by atoms with Crippen molar-refractivity contribution >= 4 is 61.4 Å². The first-order valence-corrected chi connectivity index (χ1v) is 6.97. The van der Waals surface area contributed by atoms with Crippen molar-refractivity contribution < 1.29 is 0 Å². The maximum Gasteiger partial charge on any atom is 0.0365 e. The minimum absolute atomic E-state index is 0. The van der Waals surface area contributed by atoms with Gasteiger partial charge in [-0.05, 0) is 0 Å². The van der Waals surface area contributed by atoms with E-state index in [1.165, 1.54) is 0 Å². The molecule has 0 heterocycles. The lowest BCUT2D eigenvalue weighted by atomic mass is 10.5. The molecule has 0 aliphatic heterocycles. The van der Waals surface area contributed by atoms with Crippen LogP contribution in [0, 0.1) is 0 Å². The third-order valence-corrected chi connectivity index (χ3v) is 4.58. The van der Waals surface area contributed by atoms with Crippen LogP contribution in [0.1, 0.15) is 14.9 Å². The fraction of sp³-hybridized carbons (Fsp3) is 1.00. The van der Waals surface area contributed by atoms with E-state index in [4.69, 9.17) is 0 Å². The molecule has 12 heavy (non-hydrogen) atoms. The largest absolute Gasteiger partial charge is 0.178 e. The lowest BCUT2D eigenvalue weighted by Crippen LogP contribution is -2.07. The van der Waals surface area contributed by atoms with Gasteiger partial charge in [0, 0.05) is 26.9 Å². The van der Waals surface area contributed by atoms with Crippen molar-refractivity contribution in [2.45, 2.75) is 20.1 Å². The van der Waals surface area contributed by atoms with Gasteiger partial charge in [0.1, 0.15) is 0 Å². The van der Waals surface area contributed by atoms with Gasteiger partial charge in [-0.25, -0.2) is 0 Å². The summed E-state index contributed by atoms with van der Waals surface area (Å²) < 4.78 is 0. The Labute approximate surface area is 103 Å².